The number of likely N-dealkylation sites (tertiary alicyclic amines) is 1. The zero-order valence-electron chi connectivity index (χ0n) is 13.3. The van der Waals surface area contributed by atoms with Gasteiger partial charge in [-0.15, -0.1) is 0 Å². The van der Waals surface area contributed by atoms with Crippen molar-refractivity contribution in [2.45, 2.75) is 39.8 Å². The van der Waals surface area contributed by atoms with Crippen LogP contribution in [-0.2, 0) is 13.1 Å². The van der Waals surface area contributed by atoms with Crippen LogP contribution in [0.1, 0.15) is 31.0 Å². The van der Waals surface area contributed by atoms with Gasteiger partial charge >= 0.3 is 0 Å². The fourth-order valence-electron chi connectivity index (χ4n) is 4.21. The summed E-state index contributed by atoms with van der Waals surface area (Å²) in [4.78, 5) is 2.52. The van der Waals surface area contributed by atoms with Crippen molar-refractivity contribution in [1.29, 1.82) is 0 Å². The Morgan fingerprint density at radius 1 is 1.43 bits per heavy atom. The third-order valence-corrected chi connectivity index (χ3v) is 5.60. The van der Waals surface area contributed by atoms with Crippen LogP contribution in [0, 0.1) is 18.3 Å². The molecule has 2 saturated heterocycles. The van der Waals surface area contributed by atoms with Crippen LogP contribution in [0.3, 0.4) is 0 Å². The minimum atomic E-state index is 0.323. The molecule has 1 unspecified atom stereocenters. The van der Waals surface area contributed by atoms with E-state index in [1.165, 1.54) is 24.1 Å². The van der Waals surface area contributed by atoms with Crippen LogP contribution in [0.15, 0.2) is 6.20 Å². The molecule has 3 rings (SSSR count). The summed E-state index contributed by atoms with van der Waals surface area (Å²) in [6.07, 6.45) is 4.41. The number of rotatable bonds is 4. The first kappa shape index (κ1) is 15.0. The van der Waals surface area contributed by atoms with Crippen LogP contribution in [0.25, 0.3) is 0 Å². The summed E-state index contributed by atoms with van der Waals surface area (Å²) in [5, 5.41) is 17.7. The molecule has 118 valence electrons. The molecule has 5 heteroatoms. The Morgan fingerprint density at radius 3 is 2.81 bits per heavy atom. The first-order valence-corrected chi connectivity index (χ1v) is 8.24. The van der Waals surface area contributed by atoms with Gasteiger partial charge < -0.3 is 10.4 Å². The van der Waals surface area contributed by atoms with Gasteiger partial charge in [-0.1, -0.05) is 0 Å². The average Bonchev–Trinajstić information content (AvgIpc) is 3.01. The summed E-state index contributed by atoms with van der Waals surface area (Å²) in [6.45, 7) is 10.8. The van der Waals surface area contributed by atoms with Crippen LogP contribution in [-0.4, -0.2) is 52.6 Å². The van der Waals surface area contributed by atoms with Gasteiger partial charge in [0, 0.05) is 50.0 Å². The molecule has 1 aromatic heterocycles. The van der Waals surface area contributed by atoms with Crippen molar-refractivity contribution >= 4 is 0 Å². The molecule has 1 spiro atoms. The summed E-state index contributed by atoms with van der Waals surface area (Å²) < 4.78 is 2.06. The Labute approximate surface area is 127 Å². The average molecular weight is 292 g/mol. The number of nitrogens with one attached hydrogen (secondary N) is 1. The Bertz CT molecular complexity index is 479. The number of aliphatic hydroxyl groups is 1. The summed E-state index contributed by atoms with van der Waals surface area (Å²) in [5.41, 5.74) is 2.94. The van der Waals surface area contributed by atoms with Crippen molar-refractivity contribution in [2.75, 3.05) is 32.8 Å². The number of nitrogens with zero attached hydrogens (tertiary/aromatic N) is 3. The van der Waals surface area contributed by atoms with Crippen molar-refractivity contribution in [3.8, 4) is 0 Å². The molecule has 2 aliphatic rings. The van der Waals surface area contributed by atoms with Crippen molar-refractivity contribution in [3.05, 3.63) is 17.5 Å². The van der Waals surface area contributed by atoms with Crippen molar-refractivity contribution in [1.82, 2.24) is 20.0 Å². The normalized spacial score (nSPS) is 25.8. The van der Waals surface area contributed by atoms with E-state index in [1.807, 2.05) is 6.20 Å². The van der Waals surface area contributed by atoms with E-state index in [0.717, 1.165) is 39.3 Å². The van der Waals surface area contributed by atoms with Gasteiger partial charge in [-0.3, -0.25) is 9.58 Å². The van der Waals surface area contributed by atoms with Crippen LogP contribution in [0.2, 0.25) is 0 Å². The number of aliphatic hydroxyl groups excluding tert-OH is 1. The summed E-state index contributed by atoms with van der Waals surface area (Å²) >= 11 is 0. The number of aryl methyl sites for hydroxylation is 1. The van der Waals surface area contributed by atoms with Gasteiger partial charge in [-0.2, -0.15) is 5.10 Å². The highest BCUT2D eigenvalue weighted by molar-refractivity contribution is 5.16. The van der Waals surface area contributed by atoms with Gasteiger partial charge in [-0.25, -0.2) is 0 Å². The van der Waals surface area contributed by atoms with E-state index in [4.69, 9.17) is 0 Å². The molecule has 0 radical (unpaired) electrons. The number of hydrogen-bond donors (Lipinski definition) is 2. The highest BCUT2D eigenvalue weighted by Crippen LogP contribution is 2.43. The van der Waals surface area contributed by atoms with Crippen LogP contribution < -0.4 is 5.32 Å². The molecule has 3 heterocycles. The van der Waals surface area contributed by atoms with E-state index in [9.17, 15) is 5.11 Å². The van der Waals surface area contributed by atoms with Gasteiger partial charge in [0.2, 0.25) is 0 Å². The topological polar surface area (TPSA) is 53.3 Å². The highest BCUT2D eigenvalue weighted by Gasteiger charge is 2.46. The van der Waals surface area contributed by atoms with E-state index in [2.05, 4.69) is 33.8 Å². The van der Waals surface area contributed by atoms with Crippen molar-refractivity contribution < 1.29 is 5.11 Å². The molecule has 5 nitrogen and oxygen atoms in total. The lowest BCUT2D eigenvalue weighted by atomic mass is 9.71. The molecule has 0 amide bonds. The largest absolute Gasteiger partial charge is 0.396 e. The highest BCUT2D eigenvalue weighted by atomic mass is 16.3. The van der Waals surface area contributed by atoms with Crippen LogP contribution in [0.4, 0.5) is 0 Å². The van der Waals surface area contributed by atoms with Gasteiger partial charge in [0.1, 0.15) is 0 Å². The minimum Gasteiger partial charge on any atom is -0.396 e. The number of piperidine rings is 1. The molecule has 2 fully saturated rings. The predicted molar refractivity (Wildman–Crippen MR) is 83.0 cm³/mol. The molecular weight excluding hydrogens is 264 g/mol. The Morgan fingerprint density at radius 2 is 2.19 bits per heavy atom. The molecular formula is C16H28N4O. The predicted octanol–water partition coefficient (Wildman–Crippen LogP) is 1.01. The molecule has 0 aromatic carbocycles. The molecule has 1 atom stereocenters. The summed E-state index contributed by atoms with van der Waals surface area (Å²) in [6, 6.07) is 0. The quantitative estimate of drug-likeness (QED) is 0.869. The maximum atomic E-state index is 9.80. The lowest BCUT2D eigenvalue weighted by Gasteiger charge is -2.38. The first-order valence-electron chi connectivity index (χ1n) is 8.24. The maximum Gasteiger partial charge on any atom is 0.0537 e. The molecule has 1 aromatic rings. The molecule has 0 saturated carbocycles. The van der Waals surface area contributed by atoms with E-state index < -0.39 is 0 Å². The van der Waals surface area contributed by atoms with Gasteiger partial charge in [-0.05, 0) is 45.2 Å². The molecule has 0 bridgehead atoms. The second-order valence-corrected chi connectivity index (χ2v) is 6.73. The van der Waals surface area contributed by atoms with E-state index >= 15 is 0 Å². The van der Waals surface area contributed by atoms with Gasteiger partial charge in [0.05, 0.1) is 6.20 Å². The summed E-state index contributed by atoms with van der Waals surface area (Å²) in [7, 11) is 0. The Balaban J connectivity index is 1.71. The van der Waals surface area contributed by atoms with Crippen molar-refractivity contribution in [2.24, 2.45) is 11.3 Å². The fraction of sp³-hybridized carbons (Fsp3) is 0.812. The zero-order chi connectivity index (χ0) is 14.9. The number of aromatic nitrogens is 2. The fourth-order valence-corrected chi connectivity index (χ4v) is 4.21. The molecule has 2 N–H and O–H groups in total. The van der Waals surface area contributed by atoms with E-state index in [-0.39, 0.29) is 0 Å². The Kier molecular flexibility index (Phi) is 4.33. The van der Waals surface area contributed by atoms with Crippen molar-refractivity contribution in [3.63, 3.8) is 0 Å². The zero-order valence-corrected chi connectivity index (χ0v) is 13.3. The van der Waals surface area contributed by atoms with Gasteiger partial charge in [0.25, 0.3) is 0 Å². The summed E-state index contributed by atoms with van der Waals surface area (Å²) in [5.74, 6) is 0.432. The standard InChI is InChI=1S/C16H28N4O/c1-3-20-13(2)14(8-18-20)9-19-10-15(11-21)16(12-19)4-6-17-7-5-16/h8,15,17,21H,3-7,9-12H2,1-2H3. The van der Waals surface area contributed by atoms with Crippen LogP contribution in [0.5, 0.6) is 0 Å². The minimum absolute atomic E-state index is 0.323. The molecule has 2 aliphatic heterocycles. The second-order valence-electron chi connectivity index (χ2n) is 6.73. The van der Waals surface area contributed by atoms with Gasteiger partial charge in [0.15, 0.2) is 0 Å². The monoisotopic (exact) mass is 292 g/mol. The smallest absolute Gasteiger partial charge is 0.0537 e. The second kappa shape index (κ2) is 6.07. The SMILES string of the molecule is CCn1ncc(CN2CC(CO)C3(CCNCC3)C2)c1C. The third-order valence-electron chi connectivity index (χ3n) is 5.60. The van der Waals surface area contributed by atoms with E-state index in [1.54, 1.807) is 0 Å². The Hall–Kier alpha value is -0.910. The first-order chi connectivity index (χ1) is 10.2. The lowest BCUT2D eigenvalue weighted by molar-refractivity contribution is 0.0984. The number of hydrogen-bond acceptors (Lipinski definition) is 4. The maximum absolute atomic E-state index is 9.80. The molecule has 21 heavy (non-hydrogen) atoms. The van der Waals surface area contributed by atoms with Crippen LogP contribution >= 0.6 is 0 Å². The third kappa shape index (κ3) is 2.74. The molecule has 0 aliphatic carbocycles. The van der Waals surface area contributed by atoms with E-state index in [0.29, 0.717) is 17.9 Å². The lowest BCUT2D eigenvalue weighted by Crippen LogP contribution is -2.42.